The molecule has 1 aromatic heterocycles. The summed E-state index contributed by atoms with van der Waals surface area (Å²) in [4.78, 5) is 16.6. The van der Waals surface area contributed by atoms with Crippen LogP contribution in [0, 0.1) is 13.5 Å². The molecule has 0 saturated carbocycles. The van der Waals surface area contributed by atoms with Crippen LogP contribution < -0.4 is 11.1 Å². The Kier molecular flexibility index (Phi) is 4.32. The number of ketones is 1. The van der Waals surface area contributed by atoms with Crippen LogP contribution in [0.15, 0.2) is 54.6 Å². The molecule has 24 heavy (non-hydrogen) atoms. The molecule has 2 aromatic carbocycles. The number of hydrogen-bond donors (Lipinski definition) is 2. The Bertz CT molecular complexity index is 922. The second-order valence-electron chi connectivity index (χ2n) is 5.32. The number of thiophene rings is 1. The van der Waals surface area contributed by atoms with E-state index in [2.05, 4.69) is 10.2 Å². The SMILES string of the molecule is [C-]#[N+]c1c(Nc2ccccc2)sc(C(=O)c2ccc(C)cc2)c1N. The first-order chi connectivity index (χ1) is 11.6. The van der Waals surface area contributed by atoms with Crippen molar-refractivity contribution in [2.24, 2.45) is 0 Å². The number of nitrogens with zero attached hydrogens (tertiary/aromatic N) is 1. The lowest BCUT2D eigenvalue weighted by atomic mass is 10.1. The van der Waals surface area contributed by atoms with Crippen LogP contribution in [0.5, 0.6) is 0 Å². The number of anilines is 3. The van der Waals surface area contributed by atoms with Crippen molar-refractivity contribution < 1.29 is 4.79 Å². The van der Waals surface area contributed by atoms with E-state index in [1.807, 2.05) is 49.4 Å². The van der Waals surface area contributed by atoms with Crippen molar-refractivity contribution in [3.05, 3.63) is 82.0 Å². The number of hydrogen-bond acceptors (Lipinski definition) is 4. The zero-order valence-corrected chi connectivity index (χ0v) is 13.9. The summed E-state index contributed by atoms with van der Waals surface area (Å²) in [6.07, 6.45) is 0. The van der Waals surface area contributed by atoms with Gasteiger partial charge >= 0.3 is 0 Å². The number of carbonyl (C=O) groups excluding carboxylic acids is 1. The normalized spacial score (nSPS) is 10.2. The van der Waals surface area contributed by atoms with Gasteiger partial charge in [-0.3, -0.25) is 4.79 Å². The number of nitrogens with two attached hydrogens (primary N) is 1. The highest BCUT2D eigenvalue weighted by atomic mass is 32.1. The molecule has 3 rings (SSSR count). The van der Waals surface area contributed by atoms with Crippen LogP contribution in [0.4, 0.5) is 22.1 Å². The lowest BCUT2D eigenvalue weighted by Crippen LogP contribution is -2.01. The Morgan fingerprint density at radius 2 is 1.79 bits per heavy atom. The molecule has 1 heterocycles. The molecule has 4 nitrogen and oxygen atoms in total. The topological polar surface area (TPSA) is 59.5 Å². The molecule has 0 unspecified atom stereocenters. The van der Waals surface area contributed by atoms with Crippen LogP contribution in [0.25, 0.3) is 4.85 Å². The predicted octanol–water partition coefficient (Wildman–Crippen LogP) is 5.16. The first kappa shape index (κ1) is 15.8. The minimum Gasteiger partial charge on any atom is -0.406 e. The van der Waals surface area contributed by atoms with Crippen molar-refractivity contribution in [2.75, 3.05) is 11.1 Å². The molecule has 0 aliphatic heterocycles. The highest BCUT2D eigenvalue weighted by Gasteiger charge is 2.22. The van der Waals surface area contributed by atoms with E-state index in [-0.39, 0.29) is 11.5 Å². The molecular weight excluding hydrogens is 318 g/mol. The summed E-state index contributed by atoms with van der Waals surface area (Å²) in [6, 6.07) is 16.8. The molecule has 3 aromatic rings. The van der Waals surface area contributed by atoms with Gasteiger partial charge in [-0.1, -0.05) is 48.0 Å². The zero-order valence-electron chi connectivity index (χ0n) is 13.0. The smallest absolute Gasteiger partial charge is 0.243 e. The Labute approximate surface area is 144 Å². The number of carbonyl (C=O) groups is 1. The first-order valence-corrected chi connectivity index (χ1v) is 8.15. The monoisotopic (exact) mass is 333 g/mol. The van der Waals surface area contributed by atoms with Crippen molar-refractivity contribution in [3.63, 3.8) is 0 Å². The lowest BCUT2D eigenvalue weighted by molar-refractivity contribution is 0.104. The summed E-state index contributed by atoms with van der Waals surface area (Å²) in [5, 5.41) is 3.76. The maximum Gasteiger partial charge on any atom is 0.243 e. The van der Waals surface area contributed by atoms with E-state index in [1.54, 1.807) is 12.1 Å². The van der Waals surface area contributed by atoms with E-state index >= 15 is 0 Å². The van der Waals surface area contributed by atoms with Crippen LogP contribution in [0.1, 0.15) is 20.8 Å². The number of nitrogen functional groups attached to an aromatic ring is 1. The molecule has 0 atom stereocenters. The van der Waals surface area contributed by atoms with Crippen LogP contribution in [-0.4, -0.2) is 5.78 Å². The minimum absolute atomic E-state index is 0.163. The van der Waals surface area contributed by atoms with E-state index in [4.69, 9.17) is 12.3 Å². The first-order valence-electron chi connectivity index (χ1n) is 7.33. The summed E-state index contributed by atoms with van der Waals surface area (Å²) in [5.41, 5.74) is 9.09. The number of benzene rings is 2. The number of aryl methyl sites for hydroxylation is 1. The van der Waals surface area contributed by atoms with Crippen molar-refractivity contribution >= 4 is 39.2 Å². The van der Waals surface area contributed by atoms with E-state index in [9.17, 15) is 4.79 Å². The fourth-order valence-corrected chi connectivity index (χ4v) is 3.33. The summed E-state index contributed by atoms with van der Waals surface area (Å²) >= 11 is 1.21. The maximum atomic E-state index is 12.7. The minimum atomic E-state index is -0.163. The molecule has 118 valence electrons. The summed E-state index contributed by atoms with van der Waals surface area (Å²) in [7, 11) is 0. The fraction of sp³-hybridized carbons (Fsp3) is 0.0526. The molecule has 3 N–H and O–H groups in total. The Morgan fingerprint density at radius 1 is 1.12 bits per heavy atom. The molecule has 0 bridgehead atoms. The number of rotatable bonds is 4. The number of nitrogens with one attached hydrogen (secondary N) is 1. The van der Waals surface area contributed by atoms with E-state index in [1.165, 1.54) is 11.3 Å². The van der Waals surface area contributed by atoms with Crippen LogP contribution in [-0.2, 0) is 0 Å². The molecule has 0 fully saturated rings. The number of para-hydroxylation sites is 1. The van der Waals surface area contributed by atoms with Gasteiger partial charge in [-0.15, -0.1) is 11.3 Å². The second-order valence-corrected chi connectivity index (χ2v) is 6.34. The zero-order chi connectivity index (χ0) is 17.1. The molecule has 5 heteroatoms. The molecular formula is C19H15N3OS. The Morgan fingerprint density at radius 3 is 2.42 bits per heavy atom. The van der Waals surface area contributed by atoms with Crippen molar-refractivity contribution in [1.29, 1.82) is 0 Å². The molecule has 0 aliphatic carbocycles. The highest BCUT2D eigenvalue weighted by Crippen LogP contribution is 2.44. The van der Waals surface area contributed by atoms with Gasteiger partial charge in [0.25, 0.3) is 0 Å². The van der Waals surface area contributed by atoms with Gasteiger partial charge in [0.05, 0.1) is 17.1 Å². The molecule has 0 amide bonds. The van der Waals surface area contributed by atoms with Crippen molar-refractivity contribution in [2.45, 2.75) is 6.92 Å². The molecule has 0 radical (unpaired) electrons. The summed E-state index contributed by atoms with van der Waals surface area (Å²) in [6.45, 7) is 9.34. The molecule has 0 aliphatic rings. The largest absolute Gasteiger partial charge is 0.406 e. The van der Waals surface area contributed by atoms with Gasteiger partial charge in [-0.2, -0.15) is 0 Å². The van der Waals surface area contributed by atoms with Crippen molar-refractivity contribution in [3.8, 4) is 0 Å². The van der Waals surface area contributed by atoms with Crippen LogP contribution in [0.3, 0.4) is 0 Å². The molecule has 0 spiro atoms. The average molecular weight is 333 g/mol. The Balaban J connectivity index is 1.99. The second kappa shape index (κ2) is 6.57. The fourth-order valence-electron chi connectivity index (χ4n) is 2.29. The van der Waals surface area contributed by atoms with Gasteiger partial charge in [0, 0.05) is 11.3 Å². The standard InChI is InChI=1S/C19H15N3OS/c1-12-8-10-13(11-9-12)17(23)18-15(20)16(21-2)19(24-18)22-14-6-4-3-5-7-14/h3-11,22H,20H2,1H3. The quantitative estimate of drug-likeness (QED) is 0.512. The van der Waals surface area contributed by atoms with Crippen LogP contribution >= 0.6 is 11.3 Å². The predicted molar refractivity (Wildman–Crippen MR) is 99.3 cm³/mol. The van der Waals surface area contributed by atoms with Gasteiger partial charge in [0.2, 0.25) is 11.5 Å². The summed E-state index contributed by atoms with van der Waals surface area (Å²) in [5.74, 6) is -0.163. The third-order valence-electron chi connectivity index (χ3n) is 3.58. The van der Waals surface area contributed by atoms with E-state index in [0.717, 1.165) is 11.3 Å². The maximum absolute atomic E-state index is 12.7. The Hall–Kier alpha value is -3.10. The van der Waals surface area contributed by atoms with Gasteiger partial charge in [0.1, 0.15) is 5.00 Å². The van der Waals surface area contributed by atoms with Gasteiger partial charge < -0.3 is 11.1 Å². The highest BCUT2D eigenvalue weighted by molar-refractivity contribution is 7.19. The van der Waals surface area contributed by atoms with Gasteiger partial charge in [-0.25, -0.2) is 4.85 Å². The van der Waals surface area contributed by atoms with E-state index < -0.39 is 0 Å². The summed E-state index contributed by atoms with van der Waals surface area (Å²) < 4.78 is 0. The third-order valence-corrected chi connectivity index (χ3v) is 4.69. The molecule has 0 saturated heterocycles. The third kappa shape index (κ3) is 3.00. The van der Waals surface area contributed by atoms with Gasteiger partial charge in [-0.05, 0) is 19.1 Å². The average Bonchev–Trinajstić information content (AvgIpc) is 2.91. The lowest BCUT2D eigenvalue weighted by Gasteiger charge is -2.03. The van der Waals surface area contributed by atoms with E-state index in [0.29, 0.717) is 21.1 Å². The van der Waals surface area contributed by atoms with Crippen LogP contribution in [0.2, 0.25) is 0 Å². The van der Waals surface area contributed by atoms with Gasteiger partial charge in [0.15, 0.2) is 0 Å². The van der Waals surface area contributed by atoms with Crippen molar-refractivity contribution in [1.82, 2.24) is 0 Å².